The summed E-state index contributed by atoms with van der Waals surface area (Å²) in [5, 5.41) is 9.25. The van der Waals surface area contributed by atoms with Gasteiger partial charge in [0.25, 0.3) is 0 Å². The number of allylic oxidation sites excluding steroid dienone is 1. The van der Waals surface area contributed by atoms with Crippen LogP contribution in [0.2, 0.25) is 0 Å². The van der Waals surface area contributed by atoms with Crippen molar-refractivity contribution in [2.75, 3.05) is 0 Å². The lowest BCUT2D eigenvalue weighted by Crippen LogP contribution is -2.10. The Bertz CT molecular complexity index is 493. The molecule has 1 saturated carbocycles. The monoisotopic (exact) mass is 242 g/mol. The quantitative estimate of drug-likeness (QED) is 0.768. The van der Waals surface area contributed by atoms with Gasteiger partial charge in [0, 0.05) is 5.57 Å². The molecule has 2 atom stereocenters. The topological polar surface area (TPSA) is 37.3 Å². The van der Waals surface area contributed by atoms with E-state index in [0.717, 1.165) is 25.7 Å². The number of hydrogen-bond donors (Lipinski definition) is 1. The third-order valence-corrected chi connectivity index (χ3v) is 4.55. The molecule has 2 unspecified atom stereocenters. The lowest BCUT2D eigenvalue weighted by Gasteiger charge is -2.14. The standard InChI is InChI=1S/C16H18O2/c1-10(16(17)18)15-13-6-7-14(15)9-12-5-3-2-4-11(12)8-13/h2-5,13-14H,6-9H2,1H3,(H,17,18). The first-order chi connectivity index (χ1) is 8.66. The van der Waals surface area contributed by atoms with E-state index in [1.165, 1.54) is 16.7 Å². The molecule has 2 nitrogen and oxygen atoms in total. The van der Waals surface area contributed by atoms with Crippen molar-refractivity contribution in [1.82, 2.24) is 0 Å². The van der Waals surface area contributed by atoms with Crippen LogP contribution in [-0.4, -0.2) is 11.1 Å². The van der Waals surface area contributed by atoms with Gasteiger partial charge >= 0.3 is 5.97 Å². The Kier molecular flexibility index (Phi) is 2.73. The third-order valence-electron chi connectivity index (χ3n) is 4.55. The smallest absolute Gasteiger partial charge is 0.331 e. The average molecular weight is 242 g/mol. The van der Waals surface area contributed by atoms with Gasteiger partial charge in [0.1, 0.15) is 0 Å². The number of fused-ring (bicyclic) bond motifs is 3. The van der Waals surface area contributed by atoms with Gasteiger partial charge in [-0.2, -0.15) is 0 Å². The highest BCUT2D eigenvalue weighted by atomic mass is 16.4. The molecule has 1 fully saturated rings. The van der Waals surface area contributed by atoms with Crippen molar-refractivity contribution < 1.29 is 9.90 Å². The molecule has 3 rings (SSSR count). The number of carboxylic acid groups (broad SMARTS) is 1. The highest BCUT2D eigenvalue weighted by Crippen LogP contribution is 2.45. The van der Waals surface area contributed by atoms with Crippen molar-refractivity contribution in [3.63, 3.8) is 0 Å². The van der Waals surface area contributed by atoms with Crippen LogP contribution in [0.3, 0.4) is 0 Å². The fraction of sp³-hybridized carbons (Fsp3) is 0.438. The van der Waals surface area contributed by atoms with Crippen molar-refractivity contribution in [2.45, 2.75) is 32.6 Å². The number of hydrogen-bond acceptors (Lipinski definition) is 1. The Balaban J connectivity index is 2.06. The molecule has 1 aromatic carbocycles. The Morgan fingerprint density at radius 2 is 1.61 bits per heavy atom. The van der Waals surface area contributed by atoms with E-state index < -0.39 is 5.97 Å². The largest absolute Gasteiger partial charge is 0.478 e. The second-order valence-corrected chi connectivity index (χ2v) is 5.53. The molecule has 18 heavy (non-hydrogen) atoms. The fourth-order valence-corrected chi connectivity index (χ4v) is 3.69. The summed E-state index contributed by atoms with van der Waals surface area (Å²) >= 11 is 0. The second-order valence-electron chi connectivity index (χ2n) is 5.53. The summed E-state index contributed by atoms with van der Waals surface area (Å²) in [4.78, 5) is 11.2. The van der Waals surface area contributed by atoms with Gasteiger partial charge in [-0.15, -0.1) is 0 Å². The molecule has 1 N–H and O–H groups in total. The molecule has 0 spiro atoms. The molecule has 2 bridgehead atoms. The Morgan fingerprint density at radius 3 is 2.06 bits per heavy atom. The van der Waals surface area contributed by atoms with E-state index in [4.69, 9.17) is 0 Å². The van der Waals surface area contributed by atoms with E-state index in [-0.39, 0.29) is 0 Å². The van der Waals surface area contributed by atoms with Gasteiger partial charge in [0.05, 0.1) is 0 Å². The van der Waals surface area contributed by atoms with Crippen LogP contribution in [0.5, 0.6) is 0 Å². The van der Waals surface area contributed by atoms with Crippen LogP contribution in [0.1, 0.15) is 30.9 Å². The average Bonchev–Trinajstić information content (AvgIpc) is 2.64. The Hall–Kier alpha value is -1.57. The first-order valence-corrected chi connectivity index (χ1v) is 6.67. The highest BCUT2D eigenvalue weighted by Gasteiger charge is 2.36. The van der Waals surface area contributed by atoms with Crippen LogP contribution in [0, 0.1) is 11.8 Å². The van der Waals surface area contributed by atoms with Crippen molar-refractivity contribution in [3.8, 4) is 0 Å². The fourth-order valence-electron chi connectivity index (χ4n) is 3.69. The Labute approximate surface area is 107 Å². The molecule has 0 aliphatic heterocycles. The summed E-state index contributed by atoms with van der Waals surface area (Å²) in [5.41, 5.74) is 4.65. The zero-order valence-electron chi connectivity index (χ0n) is 10.6. The summed E-state index contributed by atoms with van der Waals surface area (Å²) in [5.74, 6) is 0.164. The molecule has 0 saturated heterocycles. The zero-order chi connectivity index (χ0) is 12.7. The SMILES string of the molecule is CC(C(=O)O)=C1C2CCC1Cc1ccccc1C2. The molecule has 2 heteroatoms. The number of carboxylic acids is 1. The molecule has 0 heterocycles. The minimum absolute atomic E-state index is 0.453. The first-order valence-electron chi connectivity index (χ1n) is 6.67. The van der Waals surface area contributed by atoms with E-state index in [1.807, 2.05) is 0 Å². The molecule has 94 valence electrons. The maximum atomic E-state index is 11.2. The van der Waals surface area contributed by atoms with Crippen molar-refractivity contribution in [1.29, 1.82) is 0 Å². The molecular weight excluding hydrogens is 224 g/mol. The molecule has 0 aromatic heterocycles. The normalized spacial score (nSPS) is 25.5. The van der Waals surface area contributed by atoms with E-state index in [2.05, 4.69) is 24.3 Å². The van der Waals surface area contributed by atoms with Gasteiger partial charge in [0.2, 0.25) is 0 Å². The van der Waals surface area contributed by atoms with Gasteiger partial charge in [-0.3, -0.25) is 0 Å². The highest BCUT2D eigenvalue weighted by molar-refractivity contribution is 5.87. The number of carbonyl (C=O) groups is 1. The summed E-state index contributed by atoms with van der Waals surface area (Å²) in [6.45, 7) is 1.78. The van der Waals surface area contributed by atoms with E-state index in [1.54, 1.807) is 6.92 Å². The maximum absolute atomic E-state index is 11.2. The minimum Gasteiger partial charge on any atom is -0.478 e. The van der Waals surface area contributed by atoms with Crippen LogP contribution in [0.25, 0.3) is 0 Å². The first kappa shape index (κ1) is 11.5. The number of rotatable bonds is 1. The second kappa shape index (κ2) is 4.27. The summed E-state index contributed by atoms with van der Waals surface area (Å²) in [6, 6.07) is 8.57. The molecule has 1 aromatic rings. The molecule has 2 aliphatic rings. The molecule has 2 aliphatic carbocycles. The van der Waals surface area contributed by atoms with Crippen molar-refractivity contribution in [2.24, 2.45) is 11.8 Å². The summed E-state index contributed by atoms with van der Waals surface area (Å²) in [7, 11) is 0. The molecule has 0 amide bonds. The number of benzene rings is 1. The van der Waals surface area contributed by atoms with Crippen LogP contribution >= 0.6 is 0 Å². The third kappa shape index (κ3) is 1.76. The van der Waals surface area contributed by atoms with Crippen molar-refractivity contribution in [3.05, 3.63) is 46.5 Å². The van der Waals surface area contributed by atoms with E-state index in [9.17, 15) is 9.90 Å². The minimum atomic E-state index is -0.743. The van der Waals surface area contributed by atoms with E-state index >= 15 is 0 Å². The van der Waals surface area contributed by atoms with Gasteiger partial charge in [-0.25, -0.2) is 4.79 Å². The Morgan fingerprint density at radius 1 is 1.11 bits per heavy atom. The predicted molar refractivity (Wildman–Crippen MR) is 70.4 cm³/mol. The van der Waals surface area contributed by atoms with Gasteiger partial charge in [0.15, 0.2) is 0 Å². The predicted octanol–water partition coefficient (Wildman–Crippen LogP) is 3.21. The zero-order valence-corrected chi connectivity index (χ0v) is 10.6. The molecule has 0 radical (unpaired) electrons. The van der Waals surface area contributed by atoms with Crippen LogP contribution < -0.4 is 0 Å². The van der Waals surface area contributed by atoms with Gasteiger partial charge in [-0.1, -0.05) is 29.8 Å². The summed E-state index contributed by atoms with van der Waals surface area (Å²) in [6.07, 6.45) is 4.34. The lowest BCUT2D eigenvalue weighted by molar-refractivity contribution is -0.132. The summed E-state index contributed by atoms with van der Waals surface area (Å²) < 4.78 is 0. The van der Waals surface area contributed by atoms with Crippen LogP contribution in [0.15, 0.2) is 35.4 Å². The maximum Gasteiger partial charge on any atom is 0.331 e. The van der Waals surface area contributed by atoms with Crippen molar-refractivity contribution >= 4 is 5.97 Å². The van der Waals surface area contributed by atoms with Gasteiger partial charge < -0.3 is 5.11 Å². The molecular formula is C16H18O2. The van der Waals surface area contributed by atoms with Crippen LogP contribution in [0.4, 0.5) is 0 Å². The lowest BCUT2D eigenvalue weighted by atomic mass is 9.90. The number of aliphatic carboxylic acids is 1. The van der Waals surface area contributed by atoms with Gasteiger partial charge in [-0.05, 0) is 55.6 Å². The van der Waals surface area contributed by atoms with E-state index in [0.29, 0.717) is 17.4 Å². The van der Waals surface area contributed by atoms with Crippen LogP contribution in [-0.2, 0) is 17.6 Å².